The van der Waals surface area contributed by atoms with Crippen LogP contribution in [-0.4, -0.2) is 5.91 Å². The highest BCUT2D eigenvalue weighted by Crippen LogP contribution is 2.32. The van der Waals surface area contributed by atoms with Crippen LogP contribution in [0.4, 0.5) is 11.4 Å². The van der Waals surface area contributed by atoms with E-state index in [2.05, 4.69) is 19.2 Å². The molecule has 0 aliphatic heterocycles. The van der Waals surface area contributed by atoms with Crippen LogP contribution in [0, 0.1) is 11.8 Å². The van der Waals surface area contributed by atoms with Gasteiger partial charge in [-0.05, 0) is 42.9 Å². The maximum absolute atomic E-state index is 12.1. The number of rotatable bonds is 3. The lowest BCUT2D eigenvalue weighted by atomic mass is 9.97. The predicted molar refractivity (Wildman–Crippen MR) is 75.4 cm³/mol. The largest absolute Gasteiger partial charge is 0.398 e. The van der Waals surface area contributed by atoms with Crippen molar-refractivity contribution in [2.75, 3.05) is 11.1 Å². The Morgan fingerprint density at radius 2 is 2.22 bits per heavy atom. The Kier molecular flexibility index (Phi) is 3.90. The molecule has 1 aliphatic carbocycles. The first-order valence-electron chi connectivity index (χ1n) is 6.81. The van der Waals surface area contributed by atoms with Gasteiger partial charge in [0.25, 0.3) is 0 Å². The number of hydrogen-bond acceptors (Lipinski definition) is 2. The van der Waals surface area contributed by atoms with Crippen molar-refractivity contribution >= 4 is 17.3 Å². The molecule has 2 atom stereocenters. The zero-order valence-electron chi connectivity index (χ0n) is 11.2. The molecule has 18 heavy (non-hydrogen) atoms. The molecule has 0 saturated heterocycles. The van der Waals surface area contributed by atoms with Gasteiger partial charge in [-0.2, -0.15) is 0 Å². The second-order valence-electron chi connectivity index (χ2n) is 5.27. The number of carbonyl (C=O) groups excluding carboxylic acids is 1. The molecule has 1 aromatic carbocycles. The molecule has 0 spiro atoms. The SMILES string of the molecule is CCc1ccc(NC(=O)C2CCCC2C)cc1N. The summed E-state index contributed by atoms with van der Waals surface area (Å²) in [7, 11) is 0. The van der Waals surface area contributed by atoms with Gasteiger partial charge in [0, 0.05) is 17.3 Å². The average Bonchev–Trinajstić information content (AvgIpc) is 2.76. The molecular weight excluding hydrogens is 224 g/mol. The van der Waals surface area contributed by atoms with E-state index in [9.17, 15) is 4.79 Å². The minimum absolute atomic E-state index is 0.142. The van der Waals surface area contributed by atoms with Crippen LogP contribution in [0.5, 0.6) is 0 Å². The summed E-state index contributed by atoms with van der Waals surface area (Å²) in [4.78, 5) is 12.1. The molecule has 2 rings (SSSR count). The van der Waals surface area contributed by atoms with Gasteiger partial charge in [0.05, 0.1) is 0 Å². The van der Waals surface area contributed by atoms with Crippen LogP contribution in [-0.2, 0) is 11.2 Å². The summed E-state index contributed by atoms with van der Waals surface area (Å²) in [6.45, 7) is 4.23. The monoisotopic (exact) mass is 246 g/mol. The van der Waals surface area contributed by atoms with Crippen LogP contribution >= 0.6 is 0 Å². The smallest absolute Gasteiger partial charge is 0.227 e. The highest BCUT2D eigenvalue weighted by atomic mass is 16.1. The molecule has 2 unspecified atom stereocenters. The molecule has 1 aliphatic rings. The second kappa shape index (κ2) is 5.42. The Bertz CT molecular complexity index is 442. The number of hydrogen-bond donors (Lipinski definition) is 2. The molecule has 1 amide bonds. The van der Waals surface area contributed by atoms with E-state index in [1.54, 1.807) is 0 Å². The quantitative estimate of drug-likeness (QED) is 0.805. The molecule has 3 nitrogen and oxygen atoms in total. The van der Waals surface area contributed by atoms with E-state index in [4.69, 9.17) is 5.73 Å². The van der Waals surface area contributed by atoms with Crippen molar-refractivity contribution in [3.63, 3.8) is 0 Å². The summed E-state index contributed by atoms with van der Waals surface area (Å²) in [5.74, 6) is 0.804. The van der Waals surface area contributed by atoms with Crippen LogP contribution in [0.25, 0.3) is 0 Å². The highest BCUT2D eigenvalue weighted by Gasteiger charge is 2.29. The number of amides is 1. The number of carbonyl (C=O) groups is 1. The van der Waals surface area contributed by atoms with E-state index >= 15 is 0 Å². The van der Waals surface area contributed by atoms with Gasteiger partial charge in [-0.25, -0.2) is 0 Å². The van der Waals surface area contributed by atoms with E-state index < -0.39 is 0 Å². The molecule has 3 N–H and O–H groups in total. The topological polar surface area (TPSA) is 55.1 Å². The summed E-state index contributed by atoms with van der Waals surface area (Å²) >= 11 is 0. The second-order valence-corrected chi connectivity index (χ2v) is 5.27. The van der Waals surface area contributed by atoms with Crippen LogP contribution in [0.1, 0.15) is 38.7 Å². The fourth-order valence-electron chi connectivity index (χ4n) is 2.76. The van der Waals surface area contributed by atoms with Gasteiger partial charge < -0.3 is 11.1 Å². The molecule has 3 heteroatoms. The summed E-state index contributed by atoms with van der Waals surface area (Å²) < 4.78 is 0. The van der Waals surface area contributed by atoms with Crippen molar-refractivity contribution in [3.05, 3.63) is 23.8 Å². The van der Waals surface area contributed by atoms with Gasteiger partial charge in [0.1, 0.15) is 0 Å². The lowest BCUT2D eigenvalue weighted by molar-refractivity contribution is -0.120. The molecule has 1 fully saturated rings. The van der Waals surface area contributed by atoms with Gasteiger partial charge in [-0.1, -0.05) is 26.3 Å². The van der Waals surface area contributed by atoms with Crippen LogP contribution in [0.3, 0.4) is 0 Å². The Hall–Kier alpha value is -1.51. The number of anilines is 2. The molecule has 1 aromatic rings. The Labute approximate surface area is 109 Å². The molecule has 1 saturated carbocycles. The molecule has 0 radical (unpaired) electrons. The van der Waals surface area contributed by atoms with Gasteiger partial charge >= 0.3 is 0 Å². The van der Waals surface area contributed by atoms with Gasteiger partial charge in [-0.3, -0.25) is 4.79 Å². The van der Waals surface area contributed by atoms with Crippen molar-refractivity contribution in [1.82, 2.24) is 0 Å². The Morgan fingerprint density at radius 3 is 2.78 bits per heavy atom. The standard InChI is InChI=1S/C15H22N2O/c1-3-11-7-8-12(9-14(11)16)17-15(18)13-6-4-5-10(13)2/h7-10,13H,3-6,16H2,1-2H3,(H,17,18). The van der Waals surface area contributed by atoms with E-state index in [1.165, 1.54) is 0 Å². The molecule has 0 heterocycles. The third kappa shape index (κ3) is 2.66. The van der Waals surface area contributed by atoms with E-state index in [0.29, 0.717) is 5.92 Å². The lowest BCUT2D eigenvalue weighted by Crippen LogP contribution is -2.24. The van der Waals surface area contributed by atoms with Crippen LogP contribution < -0.4 is 11.1 Å². The Balaban J connectivity index is 2.05. The minimum Gasteiger partial charge on any atom is -0.398 e. The number of benzene rings is 1. The van der Waals surface area contributed by atoms with Crippen molar-refractivity contribution in [2.24, 2.45) is 11.8 Å². The summed E-state index contributed by atoms with van der Waals surface area (Å²) in [6.07, 6.45) is 4.25. The first-order valence-corrected chi connectivity index (χ1v) is 6.81. The van der Waals surface area contributed by atoms with Crippen molar-refractivity contribution in [1.29, 1.82) is 0 Å². The number of aryl methyl sites for hydroxylation is 1. The molecular formula is C15H22N2O. The number of nitrogens with two attached hydrogens (primary N) is 1. The third-order valence-corrected chi connectivity index (χ3v) is 3.99. The summed E-state index contributed by atoms with van der Waals surface area (Å²) in [6, 6.07) is 5.78. The fraction of sp³-hybridized carbons (Fsp3) is 0.533. The van der Waals surface area contributed by atoms with Crippen molar-refractivity contribution in [3.8, 4) is 0 Å². The van der Waals surface area contributed by atoms with Gasteiger partial charge in [0.15, 0.2) is 0 Å². The maximum Gasteiger partial charge on any atom is 0.227 e. The highest BCUT2D eigenvalue weighted by molar-refractivity contribution is 5.93. The maximum atomic E-state index is 12.1. The Morgan fingerprint density at radius 1 is 1.44 bits per heavy atom. The molecule has 98 valence electrons. The summed E-state index contributed by atoms with van der Waals surface area (Å²) in [5.41, 5.74) is 8.64. The van der Waals surface area contributed by atoms with Gasteiger partial charge in [0.2, 0.25) is 5.91 Å². The minimum atomic E-state index is 0.142. The van der Waals surface area contributed by atoms with E-state index in [1.807, 2.05) is 18.2 Å². The third-order valence-electron chi connectivity index (χ3n) is 3.99. The van der Waals surface area contributed by atoms with Gasteiger partial charge in [-0.15, -0.1) is 0 Å². The van der Waals surface area contributed by atoms with Crippen LogP contribution in [0.2, 0.25) is 0 Å². The zero-order valence-corrected chi connectivity index (χ0v) is 11.2. The molecule has 0 aromatic heterocycles. The van der Waals surface area contributed by atoms with E-state index in [-0.39, 0.29) is 11.8 Å². The summed E-state index contributed by atoms with van der Waals surface area (Å²) in [5, 5.41) is 2.99. The van der Waals surface area contributed by atoms with Crippen molar-refractivity contribution in [2.45, 2.75) is 39.5 Å². The van der Waals surface area contributed by atoms with Crippen LogP contribution in [0.15, 0.2) is 18.2 Å². The number of nitrogens with one attached hydrogen (secondary N) is 1. The predicted octanol–water partition coefficient (Wildman–Crippen LogP) is 3.21. The lowest BCUT2D eigenvalue weighted by Gasteiger charge is -2.15. The number of nitrogen functional groups attached to an aromatic ring is 1. The molecule has 0 bridgehead atoms. The van der Waals surface area contributed by atoms with Crippen molar-refractivity contribution < 1.29 is 4.79 Å². The van der Waals surface area contributed by atoms with E-state index in [0.717, 1.165) is 42.6 Å². The first-order chi connectivity index (χ1) is 8.61. The average molecular weight is 246 g/mol. The zero-order chi connectivity index (χ0) is 13.1. The fourth-order valence-corrected chi connectivity index (χ4v) is 2.76. The first kappa shape index (κ1) is 12.9. The normalized spacial score (nSPS) is 23.0.